The van der Waals surface area contributed by atoms with Crippen LogP contribution in [0, 0.1) is 13.8 Å². The van der Waals surface area contributed by atoms with Crippen molar-refractivity contribution in [1.82, 2.24) is 10.3 Å². The third-order valence-electron chi connectivity index (χ3n) is 4.46. The number of hydrogen-bond donors (Lipinski definition) is 1. The molecule has 1 N–H and O–H groups in total. The van der Waals surface area contributed by atoms with E-state index >= 15 is 0 Å². The predicted molar refractivity (Wildman–Crippen MR) is 97.4 cm³/mol. The molecular weight excluding hydrogens is 332 g/mol. The van der Waals surface area contributed by atoms with E-state index < -0.39 is 0 Å². The van der Waals surface area contributed by atoms with Crippen LogP contribution in [0.1, 0.15) is 17.5 Å². The van der Waals surface area contributed by atoms with Gasteiger partial charge in [0, 0.05) is 18.7 Å². The lowest BCUT2D eigenvalue weighted by molar-refractivity contribution is -0.126. The fourth-order valence-electron chi connectivity index (χ4n) is 2.84. The van der Waals surface area contributed by atoms with Crippen molar-refractivity contribution in [3.05, 3.63) is 53.7 Å². The minimum Gasteiger partial charge on any atom is -0.483 e. The third kappa shape index (κ3) is 4.73. The van der Waals surface area contributed by atoms with Gasteiger partial charge in [-0.05, 0) is 37.1 Å². The maximum atomic E-state index is 12.3. The quantitative estimate of drug-likeness (QED) is 0.861. The number of nitrogens with one attached hydrogen (secondary N) is 1. The summed E-state index contributed by atoms with van der Waals surface area (Å²) in [5.41, 5.74) is 2.17. The average Bonchev–Trinajstić information content (AvgIpc) is 2.65. The Morgan fingerprint density at radius 1 is 1.27 bits per heavy atom. The number of benzene rings is 1. The molecule has 1 saturated heterocycles. The van der Waals surface area contributed by atoms with Crippen LogP contribution in [0.15, 0.2) is 42.6 Å². The molecule has 2 heterocycles. The molecule has 0 saturated carbocycles. The number of rotatable bonds is 6. The zero-order valence-electron chi connectivity index (χ0n) is 15.1. The van der Waals surface area contributed by atoms with Gasteiger partial charge in [0.05, 0.1) is 19.3 Å². The molecule has 2 atom stereocenters. The third-order valence-corrected chi connectivity index (χ3v) is 4.46. The minimum atomic E-state index is -0.236. The van der Waals surface area contributed by atoms with Crippen molar-refractivity contribution >= 4 is 5.91 Å². The summed E-state index contributed by atoms with van der Waals surface area (Å²) >= 11 is 0. The Bertz CT molecular complexity index is 736. The molecule has 1 aromatic heterocycles. The van der Waals surface area contributed by atoms with E-state index in [9.17, 15) is 4.79 Å². The molecule has 26 heavy (non-hydrogen) atoms. The van der Waals surface area contributed by atoms with E-state index in [2.05, 4.69) is 10.3 Å². The Morgan fingerprint density at radius 2 is 2.15 bits per heavy atom. The van der Waals surface area contributed by atoms with Crippen LogP contribution in [0.2, 0.25) is 0 Å². The molecule has 1 amide bonds. The van der Waals surface area contributed by atoms with Crippen LogP contribution in [0.25, 0.3) is 0 Å². The van der Waals surface area contributed by atoms with Crippen molar-refractivity contribution < 1.29 is 19.0 Å². The molecule has 0 unspecified atom stereocenters. The number of carbonyl (C=O) groups excluding carboxylic acids is 1. The van der Waals surface area contributed by atoms with E-state index in [4.69, 9.17) is 14.2 Å². The fourth-order valence-corrected chi connectivity index (χ4v) is 2.84. The minimum absolute atomic E-state index is 0.0445. The molecule has 2 aromatic rings. The summed E-state index contributed by atoms with van der Waals surface area (Å²) in [5, 5.41) is 2.95. The van der Waals surface area contributed by atoms with Crippen molar-refractivity contribution in [2.45, 2.75) is 32.4 Å². The van der Waals surface area contributed by atoms with Crippen molar-refractivity contribution in [2.75, 3.05) is 19.8 Å². The molecule has 1 aliphatic heterocycles. The highest BCUT2D eigenvalue weighted by Crippen LogP contribution is 2.20. The summed E-state index contributed by atoms with van der Waals surface area (Å²) in [7, 11) is 0. The Balaban J connectivity index is 1.55. The first-order valence-electron chi connectivity index (χ1n) is 8.77. The second-order valence-electron chi connectivity index (χ2n) is 6.35. The number of pyridine rings is 1. The molecule has 138 valence electrons. The van der Waals surface area contributed by atoms with Gasteiger partial charge in [0.2, 0.25) is 5.88 Å². The molecule has 3 rings (SSSR count). The van der Waals surface area contributed by atoms with E-state index in [0.717, 1.165) is 16.9 Å². The van der Waals surface area contributed by atoms with Crippen LogP contribution in [-0.4, -0.2) is 42.9 Å². The number of hydrogen-bond acceptors (Lipinski definition) is 5. The number of nitrogens with zero attached hydrogens (tertiary/aromatic N) is 1. The van der Waals surface area contributed by atoms with Gasteiger partial charge in [-0.15, -0.1) is 0 Å². The predicted octanol–water partition coefficient (Wildman–Crippen LogP) is 2.43. The number of amides is 1. The normalized spacial score (nSPS) is 19.6. The molecule has 1 aliphatic rings. The van der Waals surface area contributed by atoms with Gasteiger partial charge in [0.25, 0.3) is 5.91 Å². The lowest BCUT2D eigenvalue weighted by atomic mass is 10.1. The molecule has 6 nitrogen and oxygen atoms in total. The van der Waals surface area contributed by atoms with Gasteiger partial charge in [0.15, 0.2) is 6.61 Å². The highest BCUT2D eigenvalue weighted by atomic mass is 16.5. The highest BCUT2D eigenvalue weighted by molar-refractivity contribution is 5.78. The number of carbonyl (C=O) groups is 1. The second-order valence-corrected chi connectivity index (χ2v) is 6.35. The van der Waals surface area contributed by atoms with Crippen LogP contribution < -0.4 is 14.8 Å². The van der Waals surface area contributed by atoms with Gasteiger partial charge in [-0.3, -0.25) is 4.79 Å². The topological polar surface area (TPSA) is 69.7 Å². The van der Waals surface area contributed by atoms with E-state index in [-0.39, 0.29) is 24.7 Å². The van der Waals surface area contributed by atoms with Gasteiger partial charge in [-0.2, -0.15) is 0 Å². The van der Waals surface area contributed by atoms with Gasteiger partial charge < -0.3 is 19.5 Å². The van der Waals surface area contributed by atoms with E-state index in [1.54, 1.807) is 12.3 Å². The van der Waals surface area contributed by atoms with E-state index in [0.29, 0.717) is 25.5 Å². The molecule has 1 fully saturated rings. The summed E-state index contributed by atoms with van der Waals surface area (Å²) in [6.07, 6.45) is 2.20. The molecule has 1 aromatic carbocycles. The smallest absolute Gasteiger partial charge is 0.258 e. The maximum Gasteiger partial charge on any atom is 0.258 e. The molecule has 6 heteroatoms. The zero-order chi connectivity index (χ0) is 18.4. The summed E-state index contributed by atoms with van der Waals surface area (Å²) in [4.78, 5) is 16.5. The van der Waals surface area contributed by atoms with Crippen LogP contribution in [0.3, 0.4) is 0 Å². The van der Waals surface area contributed by atoms with Crippen LogP contribution in [0.5, 0.6) is 11.6 Å². The first kappa shape index (κ1) is 18.2. The number of aryl methyl sites for hydroxylation is 1. The van der Waals surface area contributed by atoms with E-state index in [1.165, 1.54) is 0 Å². The number of aromatic nitrogens is 1. The largest absolute Gasteiger partial charge is 0.483 e. The van der Waals surface area contributed by atoms with Crippen molar-refractivity contribution in [2.24, 2.45) is 0 Å². The highest BCUT2D eigenvalue weighted by Gasteiger charge is 2.29. The molecular formula is C20H24N2O4. The molecule has 0 aliphatic carbocycles. The lowest BCUT2D eigenvalue weighted by Crippen LogP contribution is -2.52. The molecule has 0 radical (unpaired) electrons. The average molecular weight is 356 g/mol. The number of ether oxygens (including phenoxy) is 3. The van der Waals surface area contributed by atoms with Gasteiger partial charge in [-0.25, -0.2) is 4.98 Å². The SMILES string of the molecule is Cc1cccc(OCC(=O)N[C@@H]2COCC[C@H]2Oc2ccccn2)c1C. The summed E-state index contributed by atoms with van der Waals surface area (Å²) in [6, 6.07) is 11.1. The Kier molecular flexibility index (Phi) is 6.07. The summed E-state index contributed by atoms with van der Waals surface area (Å²) in [6.45, 7) is 4.96. The summed E-state index contributed by atoms with van der Waals surface area (Å²) < 4.78 is 17.1. The van der Waals surface area contributed by atoms with Crippen molar-refractivity contribution in [3.63, 3.8) is 0 Å². The van der Waals surface area contributed by atoms with Gasteiger partial charge >= 0.3 is 0 Å². The Morgan fingerprint density at radius 3 is 2.96 bits per heavy atom. The first-order chi connectivity index (χ1) is 12.6. The zero-order valence-corrected chi connectivity index (χ0v) is 15.1. The lowest BCUT2D eigenvalue weighted by Gasteiger charge is -2.32. The van der Waals surface area contributed by atoms with Crippen LogP contribution in [0.4, 0.5) is 0 Å². The molecule has 0 bridgehead atoms. The Hall–Kier alpha value is -2.60. The van der Waals surface area contributed by atoms with Gasteiger partial charge in [0.1, 0.15) is 11.9 Å². The standard InChI is InChI=1S/C20H24N2O4/c1-14-6-5-7-17(15(14)2)25-13-19(23)22-16-12-24-11-9-18(16)26-20-8-3-4-10-21-20/h3-8,10,16,18H,9,11-13H2,1-2H3,(H,22,23)/t16-,18-/m1/s1. The first-order valence-corrected chi connectivity index (χ1v) is 8.77. The van der Waals surface area contributed by atoms with Crippen molar-refractivity contribution in [1.29, 1.82) is 0 Å². The summed E-state index contributed by atoms with van der Waals surface area (Å²) in [5.74, 6) is 1.07. The monoisotopic (exact) mass is 356 g/mol. The van der Waals surface area contributed by atoms with Crippen LogP contribution in [-0.2, 0) is 9.53 Å². The maximum absolute atomic E-state index is 12.3. The van der Waals surface area contributed by atoms with E-state index in [1.807, 2.05) is 44.2 Å². The van der Waals surface area contributed by atoms with Crippen LogP contribution >= 0.6 is 0 Å². The second kappa shape index (κ2) is 8.67. The fraction of sp³-hybridized carbons (Fsp3) is 0.400. The Labute approximate surface area is 153 Å². The van der Waals surface area contributed by atoms with Gasteiger partial charge in [-0.1, -0.05) is 18.2 Å². The van der Waals surface area contributed by atoms with Crippen molar-refractivity contribution in [3.8, 4) is 11.6 Å². The molecule has 0 spiro atoms.